The van der Waals surface area contributed by atoms with E-state index >= 15 is 0 Å². The van der Waals surface area contributed by atoms with Crippen molar-refractivity contribution in [2.45, 2.75) is 19.8 Å². The minimum absolute atomic E-state index is 0.0613. The van der Waals surface area contributed by atoms with Gasteiger partial charge in [0.15, 0.2) is 0 Å². The smallest absolute Gasteiger partial charge is 0.349 e. The molecule has 0 aliphatic carbocycles. The third kappa shape index (κ3) is 4.56. The molecule has 0 aliphatic heterocycles. The first kappa shape index (κ1) is 22.0. The zero-order valence-corrected chi connectivity index (χ0v) is 16.1. The number of nitriles is 1. The van der Waals surface area contributed by atoms with Gasteiger partial charge in [-0.15, -0.1) is 0 Å². The number of hydrogen-bond donors (Lipinski definition) is 0. The van der Waals surface area contributed by atoms with Crippen LogP contribution in [0.4, 0.5) is 22.0 Å². The summed E-state index contributed by atoms with van der Waals surface area (Å²) >= 11 is 0. The van der Waals surface area contributed by atoms with Crippen LogP contribution in [-0.4, -0.2) is 5.97 Å². The van der Waals surface area contributed by atoms with Gasteiger partial charge in [-0.25, -0.2) is 26.7 Å². The van der Waals surface area contributed by atoms with E-state index in [1.54, 1.807) is 6.07 Å². The highest BCUT2D eigenvalue weighted by Crippen LogP contribution is 2.29. The minimum atomic E-state index is -1.55. The Kier molecular flexibility index (Phi) is 6.35. The largest absolute Gasteiger partial charge is 0.423 e. The van der Waals surface area contributed by atoms with Crippen molar-refractivity contribution in [2.75, 3.05) is 0 Å². The van der Waals surface area contributed by atoms with Gasteiger partial charge in [0.2, 0.25) is 0 Å². The van der Waals surface area contributed by atoms with Crippen molar-refractivity contribution < 1.29 is 31.5 Å². The standard InChI is InChI=1S/C23H14F5NO2/c1-2-3-12-4-5-15(17(24)6-12)13-7-20(27)22(21(28)8-13)23(30)31-14-9-18(25)16(11-29)19(26)10-14/h4-10H,2-3H2,1H3. The number of benzene rings is 3. The van der Waals surface area contributed by atoms with E-state index in [1.807, 2.05) is 6.92 Å². The van der Waals surface area contributed by atoms with Crippen LogP contribution in [0.1, 0.15) is 34.8 Å². The van der Waals surface area contributed by atoms with Crippen LogP contribution >= 0.6 is 0 Å². The zero-order chi connectivity index (χ0) is 22.7. The van der Waals surface area contributed by atoms with Crippen LogP contribution in [0.3, 0.4) is 0 Å². The molecule has 0 fully saturated rings. The lowest BCUT2D eigenvalue weighted by Gasteiger charge is -2.10. The number of hydrogen-bond acceptors (Lipinski definition) is 3. The average Bonchev–Trinajstić information content (AvgIpc) is 2.67. The van der Waals surface area contributed by atoms with Gasteiger partial charge < -0.3 is 4.74 Å². The van der Waals surface area contributed by atoms with Crippen molar-refractivity contribution in [2.24, 2.45) is 0 Å². The third-order valence-corrected chi connectivity index (χ3v) is 4.47. The maximum absolute atomic E-state index is 14.5. The number of halogens is 5. The highest BCUT2D eigenvalue weighted by Gasteiger charge is 2.23. The average molecular weight is 431 g/mol. The molecule has 0 aromatic heterocycles. The van der Waals surface area contributed by atoms with E-state index in [-0.39, 0.29) is 11.1 Å². The van der Waals surface area contributed by atoms with Gasteiger partial charge in [0.25, 0.3) is 0 Å². The van der Waals surface area contributed by atoms with E-state index in [0.717, 1.165) is 24.1 Å². The van der Waals surface area contributed by atoms with Gasteiger partial charge in [-0.1, -0.05) is 25.5 Å². The lowest BCUT2D eigenvalue weighted by molar-refractivity contribution is 0.0724. The highest BCUT2D eigenvalue weighted by atomic mass is 19.1. The zero-order valence-electron chi connectivity index (χ0n) is 16.1. The van der Waals surface area contributed by atoms with Crippen LogP contribution in [0.2, 0.25) is 0 Å². The van der Waals surface area contributed by atoms with E-state index in [1.165, 1.54) is 18.2 Å². The second-order valence-electron chi connectivity index (χ2n) is 6.64. The Labute approximate surface area is 174 Å². The number of rotatable bonds is 5. The van der Waals surface area contributed by atoms with Gasteiger partial charge in [0.1, 0.15) is 52.0 Å². The summed E-state index contributed by atoms with van der Waals surface area (Å²) in [5.74, 6) is -8.20. The molecule has 8 heteroatoms. The van der Waals surface area contributed by atoms with Crippen molar-refractivity contribution in [3.63, 3.8) is 0 Å². The molecule has 0 radical (unpaired) electrons. The fraction of sp³-hybridized carbons (Fsp3) is 0.130. The van der Waals surface area contributed by atoms with Crippen LogP contribution < -0.4 is 4.74 Å². The number of aryl methyl sites for hydroxylation is 1. The topological polar surface area (TPSA) is 50.1 Å². The van der Waals surface area contributed by atoms with E-state index in [9.17, 15) is 26.7 Å². The summed E-state index contributed by atoms with van der Waals surface area (Å²) in [5, 5.41) is 8.64. The molecular weight excluding hydrogens is 417 g/mol. The molecule has 0 aliphatic rings. The van der Waals surface area contributed by atoms with E-state index in [0.29, 0.717) is 18.6 Å². The van der Waals surface area contributed by atoms with Crippen molar-refractivity contribution in [3.05, 3.63) is 88.2 Å². The van der Waals surface area contributed by atoms with Crippen LogP contribution in [0.25, 0.3) is 11.1 Å². The molecule has 31 heavy (non-hydrogen) atoms. The summed E-state index contributed by atoms with van der Waals surface area (Å²) in [5.41, 5.74) is -1.48. The van der Waals surface area contributed by atoms with Crippen LogP contribution in [0.5, 0.6) is 5.75 Å². The van der Waals surface area contributed by atoms with Gasteiger partial charge in [-0.3, -0.25) is 0 Å². The quantitative estimate of drug-likeness (QED) is 0.279. The fourth-order valence-electron chi connectivity index (χ4n) is 3.03. The molecule has 0 amide bonds. The second-order valence-corrected chi connectivity index (χ2v) is 6.64. The summed E-state index contributed by atoms with van der Waals surface area (Å²) in [6, 6.07) is 8.17. The van der Waals surface area contributed by atoms with Gasteiger partial charge in [0.05, 0.1) is 0 Å². The Morgan fingerprint density at radius 1 is 0.903 bits per heavy atom. The molecule has 3 aromatic carbocycles. The Balaban J connectivity index is 1.92. The van der Waals surface area contributed by atoms with E-state index < -0.39 is 51.9 Å². The molecule has 0 atom stereocenters. The van der Waals surface area contributed by atoms with Gasteiger partial charge in [0, 0.05) is 17.7 Å². The predicted molar refractivity (Wildman–Crippen MR) is 102 cm³/mol. The lowest BCUT2D eigenvalue weighted by Crippen LogP contribution is -2.14. The number of carbonyl (C=O) groups is 1. The van der Waals surface area contributed by atoms with Crippen LogP contribution in [0, 0.1) is 40.4 Å². The van der Waals surface area contributed by atoms with Crippen LogP contribution in [0.15, 0.2) is 42.5 Å². The summed E-state index contributed by atoms with van der Waals surface area (Å²) in [4.78, 5) is 12.2. The Bertz CT molecular complexity index is 1170. The Morgan fingerprint density at radius 3 is 2.03 bits per heavy atom. The first-order chi connectivity index (χ1) is 14.7. The molecule has 3 nitrogen and oxygen atoms in total. The molecule has 3 rings (SSSR count). The van der Waals surface area contributed by atoms with Crippen molar-refractivity contribution in [3.8, 4) is 22.9 Å². The fourth-order valence-corrected chi connectivity index (χ4v) is 3.03. The molecule has 0 saturated heterocycles. The SMILES string of the molecule is CCCc1ccc(-c2cc(F)c(C(=O)Oc3cc(F)c(C#N)c(F)c3)c(F)c2)c(F)c1. The third-order valence-electron chi connectivity index (χ3n) is 4.47. The van der Waals surface area contributed by atoms with E-state index in [4.69, 9.17) is 5.26 Å². The van der Waals surface area contributed by atoms with E-state index in [2.05, 4.69) is 4.74 Å². The molecule has 3 aromatic rings. The summed E-state index contributed by atoms with van der Waals surface area (Å²) in [6.45, 7) is 1.93. The lowest BCUT2D eigenvalue weighted by atomic mass is 9.99. The maximum Gasteiger partial charge on any atom is 0.349 e. The molecule has 0 spiro atoms. The number of ether oxygens (including phenoxy) is 1. The Hall–Kier alpha value is -3.73. The minimum Gasteiger partial charge on any atom is -0.423 e. The molecule has 0 N–H and O–H groups in total. The Morgan fingerprint density at radius 2 is 1.52 bits per heavy atom. The predicted octanol–water partition coefficient (Wildman–Crippen LogP) is 6.09. The molecule has 0 heterocycles. The summed E-state index contributed by atoms with van der Waals surface area (Å²) in [7, 11) is 0. The monoisotopic (exact) mass is 431 g/mol. The molecule has 0 bridgehead atoms. The van der Waals surface area contributed by atoms with Crippen molar-refractivity contribution >= 4 is 5.97 Å². The second kappa shape index (κ2) is 8.96. The van der Waals surface area contributed by atoms with Gasteiger partial charge in [-0.05, 0) is 35.7 Å². The summed E-state index contributed by atoms with van der Waals surface area (Å²) < 4.78 is 75.3. The number of carbonyl (C=O) groups excluding carboxylic acids is 1. The maximum atomic E-state index is 14.5. The van der Waals surface area contributed by atoms with Gasteiger partial charge >= 0.3 is 5.97 Å². The van der Waals surface area contributed by atoms with Crippen molar-refractivity contribution in [1.82, 2.24) is 0 Å². The molecular formula is C23H14F5NO2. The van der Waals surface area contributed by atoms with Crippen molar-refractivity contribution in [1.29, 1.82) is 5.26 Å². The molecule has 0 saturated carbocycles. The van der Waals surface area contributed by atoms with Gasteiger partial charge in [-0.2, -0.15) is 5.26 Å². The first-order valence-electron chi connectivity index (χ1n) is 9.14. The molecule has 158 valence electrons. The normalized spacial score (nSPS) is 10.6. The number of nitrogens with zero attached hydrogens (tertiary/aromatic N) is 1. The highest BCUT2D eigenvalue weighted by molar-refractivity contribution is 5.92. The van der Waals surface area contributed by atoms with Crippen LogP contribution in [-0.2, 0) is 6.42 Å². The first-order valence-corrected chi connectivity index (χ1v) is 9.14. The summed E-state index contributed by atoms with van der Waals surface area (Å²) in [6.07, 6.45) is 1.44. The molecule has 0 unspecified atom stereocenters. The number of esters is 1.